The molecule has 0 saturated heterocycles. The summed E-state index contributed by atoms with van der Waals surface area (Å²) in [4.78, 5) is 19.1. The number of carboxylic acids is 1. The molecule has 1 N–H and O–H groups in total. The van der Waals surface area contributed by atoms with Gasteiger partial charge in [0, 0.05) is 23.1 Å². The van der Waals surface area contributed by atoms with Crippen molar-refractivity contribution in [3.8, 4) is 10.9 Å². The number of hydrogen-bond acceptors (Lipinski definition) is 6. The Hall–Kier alpha value is -2.02. The van der Waals surface area contributed by atoms with Crippen molar-refractivity contribution < 1.29 is 14.6 Å². The van der Waals surface area contributed by atoms with Gasteiger partial charge in [-0.05, 0) is 6.07 Å². The zero-order valence-corrected chi connectivity index (χ0v) is 11.6. The van der Waals surface area contributed by atoms with Crippen molar-refractivity contribution in [1.82, 2.24) is 14.3 Å². The summed E-state index contributed by atoms with van der Waals surface area (Å²) in [6.07, 6.45) is 2.75. The summed E-state index contributed by atoms with van der Waals surface area (Å²) < 4.78 is 9.64. The molecule has 0 fully saturated rings. The average Bonchev–Trinajstić information content (AvgIpc) is 2.77. The molecule has 100 valence electrons. The zero-order chi connectivity index (χ0) is 14.0. The number of rotatable bonds is 3. The maximum Gasteiger partial charge on any atom is 0.339 e. The number of nitrogens with zero attached hydrogens (tertiary/aromatic N) is 3. The molecule has 0 aromatic carbocycles. The van der Waals surface area contributed by atoms with Crippen LogP contribution in [0.15, 0.2) is 18.5 Å². The Balaban J connectivity index is 2.27. The van der Waals surface area contributed by atoms with Crippen LogP contribution in [0.25, 0.3) is 0 Å². The van der Waals surface area contributed by atoms with Gasteiger partial charge in [0.2, 0.25) is 0 Å². The minimum Gasteiger partial charge on any atom is -0.478 e. The van der Waals surface area contributed by atoms with E-state index >= 15 is 0 Å². The second-order valence-corrected chi connectivity index (χ2v) is 5.63. The van der Waals surface area contributed by atoms with Crippen LogP contribution >= 0.6 is 11.5 Å². The molecular weight excluding hydrogens is 266 g/mol. The Labute approximate surface area is 114 Å². The van der Waals surface area contributed by atoms with E-state index in [0.29, 0.717) is 11.0 Å². The van der Waals surface area contributed by atoms with Gasteiger partial charge < -0.3 is 9.84 Å². The van der Waals surface area contributed by atoms with Crippen LogP contribution in [0.1, 0.15) is 37.0 Å². The molecule has 0 atom stereocenters. The largest absolute Gasteiger partial charge is 0.478 e. The summed E-state index contributed by atoms with van der Waals surface area (Å²) in [6, 6.07) is 1.38. The van der Waals surface area contributed by atoms with Crippen molar-refractivity contribution in [2.24, 2.45) is 0 Å². The van der Waals surface area contributed by atoms with Gasteiger partial charge in [0.1, 0.15) is 5.56 Å². The van der Waals surface area contributed by atoms with Crippen molar-refractivity contribution in [2.75, 3.05) is 0 Å². The lowest BCUT2D eigenvalue weighted by molar-refractivity contribution is 0.0694. The van der Waals surface area contributed by atoms with Gasteiger partial charge in [-0.2, -0.15) is 9.36 Å². The van der Waals surface area contributed by atoms with Gasteiger partial charge in [-0.1, -0.05) is 20.8 Å². The van der Waals surface area contributed by atoms with Crippen molar-refractivity contribution in [2.45, 2.75) is 26.2 Å². The standard InChI is InChI=1S/C12H13N3O3S/c1-12(2,3)10-14-11(19-15-10)18-8-6-13-5-4-7(8)9(16)17/h4-6H,1-3H3,(H,16,17). The molecule has 2 aromatic rings. The van der Waals surface area contributed by atoms with E-state index in [9.17, 15) is 4.79 Å². The molecule has 0 bridgehead atoms. The van der Waals surface area contributed by atoms with E-state index in [1.54, 1.807) is 0 Å². The second kappa shape index (κ2) is 4.93. The van der Waals surface area contributed by atoms with Crippen LogP contribution in [0.3, 0.4) is 0 Å². The molecule has 0 radical (unpaired) electrons. The van der Waals surface area contributed by atoms with Crippen molar-refractivity contribution in [3.63, 3.8) is 0 Å². The highest BCUT2D eigenvalue weighted by Gasteiger charge is 2.21. The molecule has 6 nitrogen and oxygen atoms in total. The third-order valence-electron chi connectivity index (χ3n) is 2.29. The first kappa shape index (κ1) is 13.4. The molecule has 0 aliphatic carbocycles. The monoisotopic (exact) mass is 279 g/mol. The van der Waals surface area contributed by atoms with Crippen LogP contribution in [0, 0.1) is 0 Å². The van der Waals surface area contributed by atoms with Crippen molar-refractivity contribution >= 4 is 17.5 Å². The summed E-state index contributed by atoms with van der Waals surface area (Å²) in [7, 11) is 0. The van der Waals surface area contributed by atoms with Gasteiger partial charge in [-0.3, -0.25) is 4.98 Å². The van der Waals surface area contributed by atoms with Crippen LogP contribution in [-0.4, -0.2) is 25.4 Å². The fraction of sp³-hybridized carbons (Fsp3) is 0.333. The third-order valence-corrected chi connectivity index (χ3v) is 2.89. The summed E-state index contributed by atoms with van der Waals surface area (Å²) in [6.45, 7) is 5.97. The number of pyridine rings is 1. The third kappa shape index (κ3) is 3.05. The molecule has 0 aliphatic heterocycles. The van der Waals surface area contributed by atoms with E-state index in [1.165, 1.54) is 18.5 Å². The predicted octanol–water partition coefficient (Wildman–Crippen LogP) is 2.72. The highest BCUT2D eigenvalue weighted by molar-refractivity contribution is 7.07. The van der Waals surface area contributed by atoms with E-state index in [2.05, 4.69) is 14.3 Å². The number of carbonyl (C=O) groups is 1. The molecule has 0 unspecified atom stereocenters. The molecule has 0 amide bonds. The second-order valence-electron chi connectivity index (χ2n) is 4.91. The number of carboxylic acid groups (broad SMARTS) is 1. The maximum atomic E-state index is 11.0. The molecule has 0 saturated carbocycles. The van der Waals surface area contributed by atoms with Gasteiger partial charge in [0.05, 0.1) is 6.20 Å². The molecular formula is C12H13N3O3S. The quantitative estimate of drug-likeness (QED) is 0.929. The van der Waals surface area contributed by atoms with Gasteiger partial charge in [-0.25, -0.2) is 4.79 Å². The smallest absolute Gasteiger partial charge is 0.339 e. The topological polar surface area (TPSA) is 85.2 Å². The Morgan fingerprint density at radius 2 is 2.16 bits per heavy atom. The average molecular weight is 279 g/mol. The van der Waals surface area contributed by atoms with Gasteiger partial charge in [0.25, 0.3) is 5.19 Å². The fourth-order valence-corrected chi connectivity index (χ4v) is 2.02. The Kier molecular flexibility index (Phi) is 3.48. The van der Waals surface area contributed by atoms with Crippen molar-refractivity contribution in [3.05, 3.63) is 29.8 Å². The first-order valence-electron chi connectivity index (χ1n) is 5.57. The molecule has 2 rings (SSSR count). The van der Waals surface area contributed by atoms with Crippen LogP contribution in [-0.2, 0) is 5.41 Å². The highest BCUT2D eigenvalue weighted by atomic mass is 32.1. The fourth-order valence-electron chi connectivity index (χ4n) is 1.29. The molecule has 2 heterocycles. The van der Waals surface area contributed by atoms with Crippen LogP contribution in [0.5, 0.6) is 10.9 Å². The first-order valence-corrected chi connectivity index (χ1v) is 6.34. The summed E-state index contributed by atoms with van der Waals surface area (Å²) in [5.41, 5.74) is -0.134. The van der Waals surface area contributed by atoms with E-state index in [0.717, 1.165) is 11.5 Å². The van der Waals surface area contributed by atoms with E-state index in [4.69, 9.17) is 9.84 Å². The van der Waals surface area contributed by atoms with Crippen molar-refractivity contribution in [1.29, 1.82) is 0 Å². The number of aromatic carboxylic acids is 1. The molecule has 0 spiro atoms. The lowest BCUT2D eigenvalue weighted by Crippen LogP contribution is -2.13. The first-order chi connectivity index (χ1) is 8.88. The normalized spacial score (nSPS) is 11.3. The van der Waals surface area contributed by atoms with Crippen LogP contribution in [0.2, 0.25) is 0 Å². The lowest BCUT2D eigenvalue weighted by atomic mass is 9.96. The Morgan fingerprint density at radius 1 is 1.42 bits per heavy atom. The lowest BCUT2D eigenvalue weighted by Gasteiger charge is -2.12. The van der Waals surface area contributed by atoms with Gasteiger partial charge in [0.15, 0.2) is 11.6 Å². The van der Waals surface area contributed by atoms with E-state index < -0.39 is 5.97 Å². The minimum absolute atomic E-state index is 0.0440. The van der Waals surface area contributed by atoms with E-state index in [-0.39, 0.29) is 16.7 Å². The Morgan fingerprint density at radius 3 is 2.74 bits per heavy atom. The van der Waals surface area contributed by atoms with Gasteiger partial charge in [-0.15, -0.1) is 0 Å². The predicted molar refractivity (Wildman–Crippen MR) is 69.9 cm³/mol. The van der Waals surface area contributed by atoms with E-state index in [1.807, 2.05) is 20.8 Å². The highest BCUT2D eigenvalue weighted by Crippen LogP contribution is 2.29. The molecule has 0 aliphatic rings. The zero-order valence-electron chi connectivity index (χ0n) is 10.7. The number of hydrogen-bond donors (Lipinski definition) is 1. The minimum atomic E-state index is -1.07. The molecule has 7 heteroatoms. The number of aromatic nitrogens is 3. The summed E-state index contributed by atoms with van der Waals surface area (Å²) in [5.74, 6) is -0.252. The number of ether oxygens (including phenoxy) is 1. The summed E-state index contributed by atoms with van der Waals surface area (Å²) >= 11 is 1.09. The summed E-state index contributed by atoms with van der Waals surface area (Å²) in [5, 5.41) is 9.34. The van der Waals surface area contributed by atoms with Gasteiger partial charge >= 0.3 is 5.97 Å². The van der Waals surface area contributed by atoms with Crippen LogP contribution in [0.4, 0.5) is 0 Å². The maximum absolute atomic E-state index is 11.0. The Bertz CT molecular complexity index is 604. The van der Waals surface area contributed by atoms with Crippen LogP contribution < -0.4 is 4.74 Å². The molecule has 2 aromatic heterocycles. The SMILES string of the molecule is CC(C)(C)c1nsc(Oc2cnccc2C(=O)O)n1. The molecule has 19 heavy (non-hydrogen) atoms.